The van der Waals surface area contributed by atoms with E-state index < -0.39 is 5.92 Å². The molecular weight excluding hydrogens is 330 g/mol. The van der Waals surface area contributed by atoms with Gasteiger partial charge in [-0.25, -0.2) is 0 Å². The van der Waals surface area contributed by atoms with Crippen molar-refractivity contribution in [3.05, 3.63) is 54.1 Å². The van der Waals surface area contributed by atoms with E-state index >= 15 is 0 Å². The van der Waals surface area contributed by atoms with Crippen molar-refractivity contribution >= 4 is 17.5 Å². The van der Waals surface area contributed by atoms with Crippen LogP contribution < -0.4 is 14.4 Å². The highest BCUT2D eigenvalue weighted by Crippen LogP contribution is 2.35. The van der Waals surface area contributed by atoms with Crippen molar-refractivity contribution in [3.63, 3.8) is 0 Å². The number of anilines is 1. The third-order valence-electron chi connectivity index (χ3n) is 4.79. The van der Waals surface area contributed by atoms with Crippen LogP contribution in [0.2, 0.25) is 0 Å². The lowest BCUT2D eigenvalue weighted by molar-refractivity contribution is -0.122. The number of amides is 2. The Kier molecular flexibility index (Phi) is 5.26. The molecule has 2 aromatic carbocycles. The van der Waals surface area contributed by atoms with Crippen LogP contribution in [0.4, 0.5) is 5.69 Å². The number of imide groups is 1. The topological polar surface area (TPSA) is 55.8 Å². The number of para-hydroxylation sites is 1. The molecule has 0 saturated carbocycles. The first kappa shape index (κ1) is 18.0. The SMILES string of the molecule is CCOc1ccc(N2C(=O)[C@@H](Cc3ccccc3OC)[C@@H](C)C2=O)cc1. The summed E-state index contributed by atoms with van der Waals surface area (Å²) in [6, 6.07) is 14.6. The van der Waals surface area contributed by atoms with Crippen LogP contribution in [0.1, 0.15) is 19.4 Å². The molecule has 1 fully saturated rings. The number of methoxy groups -OCH3 is 1. The molecule has 0 radical (unpaired) electrons. The van der Waals surface area contributed by atoms with Crippen molar-refractivity contribution < 1.29 is 19.1 Å². The molecule has 3 rings (SSSR count). The van der Waals surface area contributed by atoms with Crippen molar-refractivity contribution in [2.45, 2.75) is 20.3 Å². The van der Waals surface area contributed by atoms with E-state index in [1.807, 2.05) is 38.1 Å². The second-order valence-electron chi connectivity index (χ2n) is 6.35. The van der Waals surface area contributed by atoms with Gasteiger partial charge in [0.1, 0.15) is 11.5 Å². The Bertz CT molecular complexity index is 800. The molecule has 0 unspecified atom stereocenters. The number of nitrogens with zero attached hydrogens (tertiary/aromatic N) is 1. The number of carbonyl (C=O) groups is 2. The average molecular weight is 353 g/mol. The molecule has 0 spiro atoms. The molecule has 0 N–H and O–H groups in total. The molecule has 2 atom stereocenters. The summed E-state index contributed by atoms with van der Waals surface area (Å²) < 4.78 is 10.8. The van der Waals surface area contributed by atoms with E-state index in [0.29, 0.717) is 24.5 Å². The quantitative estimate of drug-likeness (QED) is 0.746. The third kappa shape index (κ3) is 3.29. The fraction of sp³-hybridized carbons (Fsp3) is 0.333. The number of carbonyl (C=O) groups excluding carboxylic acids is 2. The Balaban J connectivity index is 1.84. The van der Waals surface area contributed by atoms with Gasteiger partial charge in [-0.05, 0) is 49.2 Å². The van der Waals surface area contributed by atoms with Gasteiger partial charge in [0, 0.05) is 5.92 Å². The van der Waals surface area contributed by atoms with Gasteiger partial charge in [-0.1, -0.05) is 25.1 Å². The molecule has 0 aliphatic carbocycles. The van der Waals surface area contributed by atoms with Crippen molar-refractivity contribution in [1.82, 2.24) is 0 Å². The monoisotopic (exact) mass is 353 g/mol. The van der Waals surface area contributed by atoms with Gasteiger partial charge in [-0.15, -0.1) is 0 Å². The molecule has 0 bridgehead atoms. The lowest BCUT2D eigenvalue weighted by Crippen LogP contribution is -2.31. The van der Waals surface area contributed by atoms with Crippen LogP contribution in [0.15, 0.2) is 48.5 Å². The Morgan fingerprint density at radius 2 is 1.69 bits per heavy atom. The van der Waals surface area contributed by atoms with Crippen LogP contribution in [0.5, 0.6) is 11.5 Å². The first-order valence-electron chi connectivity index (χ1n) is 8.79. The maximum atomic E-state index is 13.0. The number of benzene rings is 2. The summed E-state index contributed by atoms with van der Waals surface area (Å²) in [5.41, 5.74) is 1.51. The molecule has 136 valence electrons. The molecule has 5 heteroatoms. The van der Waals surface area contributed by atoms with Crippen molar-refractivity contribution in [2.24, 2.45) is 11.8 Å². The molecule has 1 saturated heterocycles. The number of hydrogen-bond donors (Lipinski definition) is 0. The molecule has 1 aliphatic heterocycles. The van der Waals surface area contributed by atoms with Gasteiger partial charge in [0.05, 0.1) is 25.3 Å². The summed E-state index contributed by atoms with van der Waals surface area (Å²) in [6.07, 6.45) is 0.475. The predicted octanol–water partition coefficient (Wildman–Crippen LogP) is 3.46. The Hall–Kier alpha value is -2.82. The molecule has 1 heterocycles. The van der Waals surface area contributed by atoms with Gasteiger partial charge in [-0.2, -0.15) is 0 Å². The largest absolute Gasteiger partial charge is 0.496 e. The standard InChI is InChI=1S/C21H23NO4/c1-4-26-17-11-9-16(10-12-17)22-20(23)14(2)18(21(22)24)13-15-7-5-6-8-19(15)25-3/h5-12,14,18H,4,13H2,1-3H3/t14-,18+/m1/s1. The zero-order chi connectivity index (χ0) is 18.7. The molecule has 0 aromatic heterocycles. The van der Waals surface area contributed by atoms with Crippen molar-refractivity contribution in [3.8, 4) is 11.5 Å². The van der Waals surface area contributed by atoms with Crippen LogP contribution in [-0.2, 0) is 16.0 Å². The van der Waals surface area contributed by atoms with Gasteiger partial charge in [-0.3, -0.25) is 14.5 Å². The van der Waals surface area contributed by atoms with Gasteiger partial charge < -0.3 is 9.47 Å². The lowest BCUT2D eigenvalue weighted by Gasteiger charge is -2.16. The highest BCUT2D eigenvalue weighted by atomic mass is 16.5. The lowest BCUT2D eigenvalue weighted by atomic mass is 9.90. The van der Waals surface area contributed by atoms with Crippen LogP contribution in [0.3, 0.4) is 0 Å². The van der Waals surface area contributed by atoms with Crippen LogP contribution in [0.25, 0.3) is 0 Å². The summed E-state index contributed by atoms with van der Waals surface area (Å²) in [6.45, 7) is 4.29. The van der Waals surface area contributed by atoms with E-state index in [1.165, 1.54) is 4.90 Å². The van der Waals surface area contributed by atoms with Gasteiger partial charge in [0.25, 0.3) is 0 Å². The summed E-state index contributed by atoms with van der Waals surface area (Å²) in [5, 5.41) is 0. The van der Waals surface area contributed by atoms with E-state index in [0.717, 1.165) is 11.3 Å². The molecule has 5 nitrogen and oxygen atoms in total. The van der Waals surface area contributed by atoms with E-state index in [9.17, 15) is 9.59 Å². The van der Waals surface area contributed by atoms with E-state index in [-0.39, 0.29) is 17.7 Å². The normalized spacial score (nSPS) is 19.7. The van der Waals surface area contributed by atoms with E-state index in [1.54, 1.807) is 31.4 Å². The second kappa shape index (κ2) is 7.60. The summed E-state index contributed by atoms with van der Waals surface area (Å²) >= 11 is 0. The Labute approximate surface area is 153 Å². The Morgan fingerprint density at radius 1 is 1.00 bits per heavy atom. The maximum absolute atomic E-state index is 13.0. The summed E-state index contributed by atoms with van der Waals surface area (Å²) in [4.78, 5) is 27.0. The minimum atomic E-state index is -0.398. The van der Waals surface area contributed by atoms with Crippen molar-refractivity contribution in [1.29, 1.82) is 0 Å². The minimum Gasteiger partial charge on any atom is -0.496 e. The zero-order valence-corrected chi connectivity index (χ0v) is 15.3. The number of ether oxygens (including phenoxy) is 2. The smallest absolute Gasteiger partial charge is 0.238 e. The first-order valence-corrected chi connectivity index (χ1v) is 8.79. The molecular formula is C21H23NO4. The highest BCUT2D eigenvalue weighted by molar-refractivity contribution is 6.22. The van der Waals surface area contributed by atoms with E-state index in [2.05, 4.69) is 0 Å². The first-order chi connectivity index (χ1) is 12.6. The van der Waals surface area contributed by atoms with Crippen molar-refractivity contribution in [2.75, 3.05) is 18.6 Å². The van der Waals surface area contributed by atoms with Gasteiger partial charge >= 0.3 is 0 Å². The minimum absolute atomic E-state index is 0.168. The number of rotatable bonds is 6. The van der Waals surface area contributed by atoms with Gasteiger partial charge in [0.2, 0.25) is 11.8 Å². The molecule has 26 heavy (non-hydrogen) atoms. The van der Waals surface area contributed by atoms with Gasteiger partial charge in [0.15, 0.2) is 0 Å². The second-order valence-corrected chi connectivity index (χ2v) is 6.35. The van der Waals surface area contributed by atoms with Crippen LogP contribution in [-0.4, -0.2) is 25.5 Å². The zero-order valence-electron chi connectivity index (χ0n) is 15.3. The Morgan fingerprint density at radius 3 is 2.35 bits per heavy atom. The fourth-order valence-corrected chi connectivity index (χ4v) is 3.35. The maximum Gasteiger partial charge on any atom is 0.238 e. The molecule has 2 amide bonds. The molecule has 2 aromatic rings. The van der Waals surface area contributed by atoms with E-state index in [4.69, 9.17) is 9.47 Å². The summed E-state index contributed by atoms with van der Waals surface area (Å²) in [7, 11) is 1.61. The third-order valence-corrected chi connectivity index (χ3v) is 4.79. The average Bonchev–Trinajstić information content (AvgIpc) is 2.87. The van der Waals surface area contributed by atoms with Crippen LogP contribution >= 0.6 is 0 Å². The molecule has 1 aliphatic rings. The van der Waals surface area contributed by atoms with Crippen LogP contribution in [0, 0.1) is 11.8 Å². The summed E-state index contributed by atoms with van der Waals surface area (Å²) in [5.74, 6) is 0.342. The number of hydrogen-bond acceptors (Lipinski definition) is 4. The fourth-order valence-electron chi connectivity index (χ4n) is 3.35. The highest BCUT2D eigenvalue weighted by Gasteiger charge is 2.45. The predicted molar refractivity (Wildman–Crippen MR) is 99.5 cm³/mol.